The van der Waals surface area contributed by atoms with Gasteiger partial charge in [-0.15, -0.1) is 0 Å². The van der Waals surface area contributed by atoms with Crippen molar-refractivity contribution < 1.29 is 28.4 Å². The first kappa shape index (κ1) is 20.0. The zero-order chi connectivity index (χ0) is 19.3. The van der Waals surface area contributed by atoms with Gasteiger partial charge in [0.25, 0.3) is 5.65 Å². The summed E-state index contributed by atoms with van der Waals surface area (Å²) in [4.78, 5) is 2.15. The van der Waals surface area contributed by atoms with Crippen molar-refractivity contribution in [1.82, 2.24) is 4.40 Å². The average molecular weight is 495 g/mol. The summed E-state index contributed by atoms with van der Waals surface area (Å²) in [6, 6.07) is 22.5. The van der Waals surface area contributed by atoms with Crippen molar-refractivity contribution in [2.75, 3.05) is 19.0 Å². The molecule has 2 aromatic carbocycles. The lowest BCUT2D eigenvalue weighted by atomic mass is 10.1. The third-order valence-corrected chi connectivity index (χ3v) is 5.78. The SMILES string of the molecule is CCCCc1ccc2c(ccc3n4c(ccc5cc(N(C)C)ccc54)c[n+]23)c1.[I-]. The van der Waals surface area contributed by atoms with Crippen molar-refractivity contribution in [3.05, 3.63) is 72.4 Å². The summed E-state index contributed by atoms with van der Waals surface area (Å²) in [5.74, 6) is 0. The van der Waals surface area contributed by atoms with E-state index in [1.807, 2.05) is 0 Å². The van der Waals surface area contributed by atoms with E-state index in [0.717, 1.165) is 6.42 Å². The number of anilines is 1. The molecule has 5 aromatic rings. The predicted octanol–water partition coefficient (Wildman–Crippen LogP) is 2.40. The van der Waals surface area contributed by atoms with Crippen molar-refractivity contribution in [2.45, 2.75) is 26.2 Å². The molecule has 0 saturated heterocycles. The fraction of sp³-hybridized carbons (Fsp3) is 0.240. The van der Waals surface area contributed by atoms with E-state index in [4.69, 9.17) is 0 Å². The van der Waals surface area contributed by atoms with Gasteiger partial charge in [-0.25, -0.2) is 0 Å². The maximum atomic E-state index is 2.36. The molecule has 0 aliphatic rings. The van der Waals surface area contributed by atoms with E-state index < -0.39 is 0 Å². The molecule has 3 aromatic heterocycles. The van der Waals surface area contributed by atoms with Crippen LogP contribution in [0, 0.1) is 0 Å². The molecule has 29 heavy (non-hydrogen) atoms. The lowest BCUT2D eigenvalue weighted by molar-refractivity contribution is -0.479. The maximum Gasteiger partial charge on any atom is 0.292 e. The number of benzene rings is 2. The zero-order valence-electron chi connectivity index (χ0n) is 17.2. The van der Waals surface area contributed by atoms with Gasteiger partial charge in [0.2, 0.25) is 0 Å². The highest BCUT2D eigenvalue weighted by Crippen LogP contribution is 2.25. The van der Waals surface area contributed by atoms with Crippen LogP contribution < -0.4 is 33.3 Å². The van der Waals surface area contributed by atoms with Crippen LogP contribution in [-0.2, 0) is 6.42 Å². The number of hydrogen-bond acceptors (Lipinski definition) is 1. The molecule has 0 radical (unpaired) electrons. The second-order valence-electron chi connectivity index (χ2n) is 7.92. The highest BCUT2D eigenvalue weighted by Gasteiger charge is 2.17. The van der Waals surface area contributed by atoms with Crippen LogP contribution in [-0.4, -0.2) is 18.5 Å². The Hall–Kier alpha value is -2.34. The summed E-state index contributed by atoms with van der Waals surface area (Å²) in [5, 5.41) is 2.56. The summed E-state index contributed by atoms with van der Waals surface area (Å²) in [6.07, 6.45) is 5.89. The molecule has 0 amide bonds. The van der Waals surface area contributed by atoms with E-state index in [1.165, 1.54) is 57.1 Å². The molecule has 0 bridgehead atoms. The van der Waals surface area contributed by atoms with Gasteiger partial charge in [0, 0.05) is 36.6 Å². The molecule has 0 unspecified atom stereocenters. The number of nitrogens with zero attached hydrogens (tertiary/aromatic N) is 3. The molecule has 5 rings (SSSR count). The van der Waals surface area contributed by atoms with Crippen molar-refractivity contribution >= 4 is 38.7 Å². The van der Waals surface area contributed by atoms with Crippen molar-refractivity contribution in [3.8, 4) is 0 Å². The van der Waals surface area contributed by atoms with Gasteiger partial charge in [0.05, 0.1) is 0 Å². The monoisotopic (exact) mass is 495 g/mol. The molecule has 4 heteroatoms. The Kier molecular flexibility index (Phi) is 5.38. The molecular weight excluding hydrogens is 469 g/mol. The highest BCUT2D eigenvalue weighted by molar-refractivity contribution is 5.88. The van der Waals surface area contributed by atoms with E-state index in [0.29, 0.717) is 0 Å². The van der Waals surface area contributed by atoms with Gasteiger partial charge < -0.3 is 28.9 Å². The van der Waals surface area contributed by atoms with Gasteiger partial charge in [-0.3, -0.25) is 0 Å². The van der Waals surface area contributed by atoms with Gasteiger partial charge >= 0.3 is 0 Å². The predicted molar refractivity (Wildman–Crippen MR) is 119 cm³/mol. The van der Waals surface area contributed by atoms with Crippen molar-refractivity contribution in [2.24, 2.45) is 0 Å². The Morgan fingerprint density at radius 1 is 0.897 bits per heavy atom. The van der Waals surface area contributed by atoms with Gasteiger partial charge in [-0.05, 0) is 66.9 Å². The molecule has 0 atom stereocenters. The van der Waals surface area contributed by atoms with Gasteiger partial charge in [0.1, 0.15) is 17.2 Å². The summed E-state index contributed by atoms with van der Waals surface area (Å²) < 4.78 is 4.69. The number of fused-ring (bicyclic) bond motifs is 7. The number of rotatable bonds is 4. The fourth-order valence-corrected chi connectivity index (χ4v) is 4.21. The van der Waals surface area contributed by atoms with E-state index in [9.17, 15) is 0 Å². The van der Waals surface area contributed by atoms with Crippen LogP contribution in [0.3, 0.4) is 0 Å². The largest absolute Gasteiger partial charge is 1.00 e. The topological polar surface area (TPSA) is 11.8 Å². The molecule has 0 aliphatic heterocycles. The van der Waals surface area contributed by atoms with Crippen LogP contribution in [0.2, 0.25) is 0 Å². The van der Waals surface area contributed by atoms with Crippen LogP contribution in [0.25, 0.3) is 33.0 Å². The lowest BCUT2D eigenvalue weighted by Gasteiger charge is -2.12. The molecule has 0 aliphatic carbocycles. The molecule has 3 nitrogen and oxygen atoms in total. The van der Waals surface area contributed by atoms with Crippen LogP contribution in [0.1, 0.15) is 25.3 Å². The molecule has 0 saturated carbocycles. The first-order valence-electron chi connectivity index (χ1n) is 10.1. The molecule has 0 spiro atoms. The van der Waals surface area contributed by atoms with Crippen LogP contribution in [0.4, 0.5) is 5.69 Å². The Morgan fingerprint density at radius 3 is 2.52 bits per heavy atom. The summed E-state index contributed by atoms with van der Waals surface area (Å²) in [7, 11) is 4.17. The van der Waals surface area contributed by atoms with Crippen molar-refractivity contribution in [1.29, 1.82) is 0 Å². The quantitative estimate of drug-likeness (QED) is 0.276. The van der Waals surface area contributed by atoms with Crippen LogP contribution in [0.5, 0.6) is 0 Å². The minimum atomic E-state index is 0. The summed E-state index contributed by atoms with van der Waals surface area (Å²) >= 11 is 0. The fourth-order valence-electron chi connectivity index (χ4n) is 4.21. The lowest BCUT2D eigenvalue weighted by Crippen LogP contribution is -3.00. The number of halogens is 1. The Bertz CT molecular complexity index is 1330. The van der Waals surface area contributed by atoms with E-state index in [1.54, 1.807) is 0 Å². The number of pyridine rings is 2. The number of imidazole rings is 1. The summed E-state index contributed by atoms with van der Waals surface area (Å²) in [6.45, 7) is 2.25. The number of hydrogen-bond donors (Lipinski definition) is 0. The number of aromatic nitrogens is 2. The second kappa shape index (κ2) is 7.82. The van der Waals surface area contributed by atoms with E-state index in [-0.39, 0.29) is 24.0 Å². The minimum Gasteiger partial charge on any atom is -1.00 e. The van der Waals surface area contributed by atoms with E-state index in [2.05, 4.69) is 102 Å². The first-order chi connectivity index (χ1) is 13.7. The molecule has 0 fully saturated rings. The number of unbranched alkanes of at least 4 members (excludes halogenated alkanes) is 1. The average Bonchev–Trinajstić information content (AvgIpc) is 3.11. The van der Waals surface area contributed by atoms with E-state index >= 15 is 0 Å². The smallest absolute Gasteiger partial charge is 0.292 e. The highest BCUT2D eigenvalue weighted by atomic mass is 127. The van der Waals surface area contributed by atoms with Crippen LogP contribution >= 0.6 is 0 Å². The van der Waals surface area contributed by atoms with Crippen LogP contribution in [0.15, 0.2) is 66.9 Å². The second-order valence-corrected chi connectivity index (χ2v) is 7.92. The number of aryl methyl sites for hydroxylation is 1. The standard InChI is InChI=1S/C25H26N3.HI/c1-4-5-6-18-7-12-23-19(15-18)9-14-25-27(23)17-22-10-8-20-16-21(26(2)3)11-13-24(20)28(22)25;/h7-17H,4-6H2,1-3H3;1H/q+1;/p-1. The molecule has 0 N–H and O–H groups in total. The van der Waals surface area contributed by atoms with Gasteiger partial charge in [0.15, 0.2) is 5.52 Å². The summed E-state index contributed by atoms with van der Waals surface area (Å²) in [5.41, 5.74) is 7.57. The minimum absolute atomic E-state index is 0. The normalized spacial score (nSPS) is 11.4. The molecule has 3 heterocycles. The third kappa shape index (κ3) is 3.33. The maximum absolute atomic E-state index is 2.36. The van der Waals surface area contributed by atoms with Gasteiger partial charge in [-0.1, -0.05) is 19.4 Å². The van der Waals surface area contributed by atoms with Gasteiger partial charge in [-0.2, -0.15) is 8.80 Å². The Labute approximate surface area is 188 Å². The third-order valence-electron chi connectivity index (χ3n) is 5.78. The first-order valence-corrected chi connectivity index (χ1v) is 10.1. The molecular formula is C25H26IN3. The Balaban J connectivity index is 0.00000205. The zero-order valence-corrected chi connectivity index (χ0v) is 19.3. The Morgan fingerprint density at radius 2 is 1.72 bits per heavy atom. The van der Waals surface area contributed by atoms with Crippen molar-refractivity contribution in [3.63, 3.8) is 0 Å². The molecule has 148 valence electrons.